The van der Waals surface area contributed by atoms with Gasteiger partial charge in [-0.05, 0) is 18.2 Å². The molecule has 0 radical (unpaired) electrons. The zero-order valence-corrected chi connectivity index (χ0v) is 17.2. The Labute approximate surface area is 166 Å². The van der Waals surface area contributed by atoms with Crippen molar-refractivity contribution in [3.05, 3.63) is 47.2 Å². The molecule has 1 aromatic heterocycles. The Morgan fingerprint density at radius 2 is 1.90 bits per heavy atom. The number of alkyl halides is 2. The Morgan fingerprint density at radius 3 is 2.48 bits per heavy atom. The first-order chi connectivity index (χ1) is 13.6. The lowest BCUT2D eigenvalue weighted by molar-refractivity contribution is -0.118. The number of nitrogens with zero attached hydrogens (tertiary/aromatic N) is 1. The first kappa shape index (κ1) is 21.3. The number of amides is 1. The van der Waals surface area contributed by atoms with Gasteiger partial charge in [0.1, 0.15) is 17.7 Å². The maximum Gasteiger partial charge on any atom is 0.388 e. The number of hydrogen-bond donors (Lipinski definition) is 2. The molecule has 1 atom stereocenters. The average molecular weight is 427 g/mol. The summed E-state index contributed by atoms with van der Waals surface area (Å²) in [6.45, 7) is 2.87. The molecule has 10 heteroatoms. The number of fused-ring (bicyclic) bond motifs is 1. The van der Waals surface area contributed by atoms with E-state index in [2.05, 4.69) is 20.4 Å². The highest BCUT2D eigenvalue weighted by molar-refractivity contribution is 6.88. The highest BCUT2D eigenvalue weighted by atomic mass is 28.3. The second kappa shape index (κ2) is 8.11. The number of pyridine rings is 1. The van der Waals surface area contributed by atoms with Crippen molar-refractivity contribution in [3.63, 3.8) is 0 Å². The summed E-state index contributed by atoms with van der Waals surface area (Å²) in [5, 5.41) is 5.59. The van der Waals surface area contributed by atoms with Crippen molar-refractivity contribution in [2.75, 3.05) is 11.9 Å². The minimum atomic E-state index is -3.00. The normalized spacial score (nSPS) is 16.5. The fourth-order valence-corrected chi connectivity index (χ4v) is 4.94. The van der Waals surface area contributed by atoms with E-state index in [1.54, 1.807) is 0 Å². The Hall–Kier alpha value is -2.46. The van der Waals surface area contributed by atoms with E-state index in [1.807, 2.05) is 19.6 Å². The predicted octanol–water partition coefficient (Wildman–Crippen LogP) is 3.33. The van der Waals surface area contributed by atoms with Gasteiger partial charge in [-0.1, -0.05) is 19.6 Å². The first-order valence-electron chi connectivity index (χ1n) is 9.04. The number of halogens is 4. The van der Waals surface area contributed by atoms with Crippen molar-refractivity contribution < 1.29 is 27.1 Å². The van der Waals surface area contributed by atoms with Crippen molar-refractivity contribution in [2.45, 2.75) is 38.7 Å². The van der Waals surface area contributed by atoms with Crippen LogP contribution in [0, 0.1) is 11.6 Å². The summed E-state index contributed by atoms with van der Waals surface area (Å²) in [4.78, 5) is 16.7. The van der Waals surface area contributed by atoms with E-state index in [-0.39, 0.29) is 16.8 Å². The van der Waals surface area contributed by atoms with Gasteiger partial charge in [0.15, 0.2) is 0 Å². The summed E-state index contributed by atoms with van der Waals surface area (Å²) in [7, 11) is -2.23. The third-order valence-corrected chi connectivity index (χ3v) is 6.51. The fourth-order valence-electron chi connectivity index (χ4n) is 3.37. The number of rotatable bonds is 5. The molecule has 0 saturated heterocycles. The Balaban J connectivity index is 1.82. The number of hydrogen-bond acceptors (Lipinski definition) is 4. The van der Waals surface area contributed by atoms with E-state index in [0.717, 1.165) is 12.1 Å². The van der Waals surface area contributed by atoms with Crippen LogP contribution in [-0.2, 0) is 11.2 Å². The molecule has 0 bridgehead atoms. The van der Waals surface area contributed by atoms with Crippen molar-refractivity contribution in [2.24, 2.45) is 0 Å². The minimum absolute atomic E-state index is 0.00605. The van der Waals surface area contributed by atoms with E-state index in [0.29, 0.717) is 24.2 Å². The van der Waals surface area contributed by atoms with Crippen LogP contribution >= 0.6 is 0 Å². The van der Waals surface area contributed by atoms with Crippen LogP contribution in [0.25, 0.3) is 0 Å². The molecule has 0 fully saturated rings. The van der Waals surface area contributed by atoms with Crippen LogP contribution in [0.5, 0.6) is 5.88 Å². The lowest BCUT2D eigenvalue weighted by atomic mass is 9.98. The molecule has 29 heavy (non-hydrogen) atoms. The maximum absolute atomic E-state index is 14.4. The minimum Gasteiger partial charge on any atom is -0.417 e. The lowest BCUT2D eigenvalue weighted by Crippen LogP contribution is -2.42. The summed E-state index contributed by atoms with van der Waals surface area (Å²) in [5.74, 6) is -2.14. The van der Waals surface area contributed by atoms with Crippen molar-refractivity contribution in [1.82, 2.24) is 10.3 Å². The molecule has 5 nitrogen and oxygen atoms in total. The summed E-state index contributed by atoms with van der Waals surface area (Å²) in [5.41, 5.74) is 0.954. The summed E-state index contributed by atoms with van der Waals surface area (Å²) < 4.78 is 57.9. The van der Waals surface area contributed by atoms with Gasteiger partial charge in [0, 0.05) is 35.5 Å². The van der Waals surface area contributed by atoms with E-state index in [1.165, 1.54) is 12.1 Å². The zero-order chi connectivity index (χ0) is 21.3. The number of carbonyl (C=O) groups is 1. The van der Waals surface area contributed by atoms with Crippen LogP contribution in [0.2, 0.25) is 19.6 Å². The highest BCUT2D eigenvalue weighted by Crippen LogP contribution is 2.26. The maximum atomic E-state index is 14.4. The van der Waals surface area contributed by atoms with Gasteiger partial charge in [-0.2, -0.15) is 8.78 Å². The fraction of sp³-hybridized carbons (Fsp3) is 0.368. The van der Waals surface area contributed by atoms with E-state index >= 15 is 0 Å². The topological polar surface area (TPSA) is 63.2 Å². The van der Waals surface area contributed by atoms with Gasteiger partial charge in [0.05, 0.1) is 13.8 Å². The zero-order valence-electron chi connectivity index (χ0n) is 16.2. The first-order valence-corrected chi connectivity index (χ1v) is 12.5. The molecule has 1 aromatic carbocycles. The molecule has 0 spiro atoms. The molecule has 1 amide bonds. The van der Waals surface area contributed by atoms with Crippen LogP contribution in [-0.4, -0.2) is 32.1 Å². The molecule has 0 unspecified atom stereocenters. The lowest BCUT2D eigenvalue weighted by Gasteiger charge is -2.26. The summed E-state index contributed by atoms with van der Waals surface area (Å²) in [6.07, 6.45) is 0.424. The summed E-state index contributed by atoms with van der Waals surface area (Å²) in [6, 6.07) is 4.10. The quantitative estimate of drug-likeness (QED) is 0.568. The molecule has 1 aliphatic rings. The van der Waals surface area contributed by atoms with Crippen LogP contribution < -0.4 is 20.6 Å². The number of anilines is 1. The standard InChI is InChI=1S/C19H21F4N3O2Si/c1-29(2,3)17-12(20)8-10(9-13(17)21)25-18(27)16-11-4-5-15(28-19(22)23)26-14(11)6-7-24-16/h4-5,8-9,16,19,24H,6-7H2,1-3H3,(H,25,27)/t16-/m1/s1. The predicted molar refractivity (Wildman–Crippen MR) is 103 cm³/mol. The van der Waals surface area contributed by atoms with Crippen LogP contribution in [0.4, 0.5) is 23.2 Å². The van der Waals surface area contributed by atoms with Crippen molar-refractivity contribution >= 4 is 24.9 Å². The molecule has 3 rings (SSSR count). The molecule has 0 saturated carbocycles. The second-order valence-corrected chi connectivity index (χ2v) is 12.8. The number of nitrogens with one attached hydrogen (secondary N) is 2. The largest absolute Gasteiger partial charge is 0.417 e. The Kier molecular flexibility index (Phi) is 5.94. The average Bonchev–Trinajstić information content (AvgIpc) is 2.58. The van der Waals surface area contributed by atoms with Gasteiger partial charge in [-0.3, -0.25) is 4.79 Å². The second-order valence-electron chi connectivity index (χ2n) is 7.76. The van der Waals surface area contributed by atoms with Gasteiger partial charge in [0.25, 0.3) is 0 Å². The monoisotopic (exact) mass is 427 g/mol. The van der Waals surface area contributed by atoms with Crippen molar-refractivity contribution in [3.8, 4) is 5.88 Å². The molecule has 1 aliphatic heterocycles. The molecule has 2 aromatic rings. The highest BCUT2D eigenvalue weighted by Gasteiger charge is 2.29. The number of carbonyl (C=O) groups excluding carboxylic acids is 1. The number of ether oxygens (including phenoxy) is 1. The van der Waals surface area contributed by atoms with Gasteiger partial charge in [0.2, 0.25) is 11.8 Å². The number of aromatic nitrogens is 1. The molecular formula is C19H21F4N3O2Si. The van der Waals surface area contributed by atoms with Crippen LogP contribution in [0.1, 0.15) is 17.3 Å². The van der Waals surface area contributed by atoms with Crippen LogP contribution in [0.3, 0.4) is 0 Å². The van der Waals surface area contributed by atoms with E-state index < -0.39 is 38.3 Å². The van der Waals surface area contributed by atoms with Gasteiger partial charge < -0.3 is 15.4 Å². The van der Waals surface area contributed by atoms with E-state index in [4.69, 9.17) is 0 Å². The van der Waals surface area contributed by atoms with E-state index in [9.17, 15) is 22.4 Å². The molecule has 2 heterocycles. The van der Waals surface area contributed by atoms with Gasteiger partial charge in [-0.25, -0.2) is 13.8 Å². The third kappa shape index (κ3) is 4.76. The van der Waals surface area contributed by atoms with Crippen molar-refractivity contribution in [1.29, 1.82) is 0 Å². The molecule has 156 valence electrons. The number of benzene rings is 1. The van der Waals surface area contributed by atoms with Crippen LogP contribution in [0.15, 0.2) is 24.3 Å². The Morgan fingerprint density at radius 1 is 1.24 bits per heavy atom. The van der Waals surface area contributed by atoms with Gasteiger partial charge in [-0.15, -0.1) is 0 Å². The smallest absolute Gasteiger partial charge is 0.388 e. The SMILES string of the molecule is C[Si](C)(C)c1c(F)cc(NC(=O)[C@@H]2NCCc3nc(OC(F)F)ccc32)cc1F. The molecule has 0 aliphatic carbocycles. The Bertz CT molecular complexity index is 911. The summed E-state index contributed by atoms with van der Waals surface area (Å²) >= 11 is 0. The molecular weight excluding hydrogens is 406 g/mol. The molecule has 2 N–H and O–H groups in total. The third-order valence-electron chi connectivity index (χ3n) is 4.54. The van der Waals surface area contributed by atoms with Gasteiger partial charge >= 0.3 is 6.61 Å².